The lowest BCUT2D eigenvalue weighted by atomic mass is 10.3. The molecule has 7 nitrogen and oxygen atoms in total. The molecule has 2 aromatic rings. The molecule has 1 aromatic carbocycles. The first-order valence-corrected chi connectivity index (χ1v) is 6.61. The van der Waals surface area contributed by atoms with Crippen molar-refractivity contribution in [2.24, 2.45) is 7.05 Å². The standard InChI is InChI=1S/C14H19N5O2/c1-15-14(21)17-13(20)9-18(2)8-12-16-10-6-4-5-7-11(10)19(12)3/h4-7H,8-9H2,1-3H3,(H2,15,17,20,21). The summed E-state index contributed by atoms with van der Waals surface area (Å²) >= 11 is 0. The predicted octanol–water partition coefficient (Wildman–Crippen LogP) is 0.461. The number of nitrogens with zero attached hydrogens (tertiary/aromatic N) is 3. The summed E-state index contributed by atoms with van der Waals surface area (Å²) in [5.41, 5.74) is 1.98. The fourth-order valence-electron chi connectivity index (χ4n) is 2.11. The SMILES string of the molecule is CNC(=O)NC(=O)CN(C)Cc1nc2ccccc2n1C. The van der Waals surface area contributed by atoms with Crippen molar-refractivity contribution in [1.82, 2.24) is 25.1 Å². The minimum absolute atomic E-state index is 0.122. The van der Waals surface area contributed by atoms with E-state index in [9.17, 15) is 9.59 Å². The van der Waals surface area contributed by atoms with Gasteiger partial charge in [0.2, 0.25) is 5.91 Å². The molecule has 0 aliphatic carbocycles. The number of para-hydroxylation sites is 2. The summed E-state index contributed by atoms with van der Waals surface area (Å²) in [7, 11) is 5.22. The van der Waals surface area contributed by atoms with Gasteiger partial charge in [-0.05, 0) is 19.2 Å². The van der Waals surface area contributed by atoms with E-state index in [1.54, 1.807) is 4.90 Å². The molecule has 7 heteroatoms. The normalized spacial score (nSPS) is 10.9. The van der Waals surface area contributed by atoms with Gasteiger partial charge in [-0.15, -0.1) is 0 Å². The van der Waals surface area contributed by atoms with Gasteiger partial charge in [-0.25, -0.2) is 9.78 Å². The fraction of sp³-hybridized carbons (Fsp3) is 0.357. The average molecular weight is 289 g/mol. The third kappa shape index (κ3) is 3.57. The van der Waals surface area contributed by atoms with E-state index in [1.807, 2.05) is 42.9 Å². The van der Waals surface area contributed by atoms with Gasteiger partial charge in [0.1, 0.15) is 5.82 Å². The van der Waals surface area contributed by atoms with Gasteiger partial charge in [0, 0.05) is 14.1 Å². The number of amides is 3. The zero-order valence-electron chi connectivity index (χ0n) is 12.4. The number of carbonyl (C=O) groups excluding carboxylic acids is 2. The lowest BCUT2D eigenvalue weighted by Crippen LogP contribution is -2.42. The quantitative estimate of drug-likeness (QED) is 0.857. The number of carbonyl (C=O) groups is 2. The summed E-state index contributed by atoms with van der Waals surface area (Å²) in [5, 5.41) is 4.57. The number of rotatable bonds is 4. The second kappa shape index (κ2) is 6.36. The number of nitrogens with one attached hydrogen (secondary N) is 2. The molecule has 0 saturated heterocycles. The second-order valence-electron chi connectivity index (χ2n) is 4.88. The smallest absolute Gasteiger partial charge is 0.321 e. The molecule has 0 radical (unpaired) electrons. The molecule has 0 saturated carbocycles. The summed E-state index contributed by atoms with van der Waals surface area (Å²) in [6.07, 6.45) is 0. The van der Waals surface area contributed by atoms with Crippen LogP contribution in [0.15, 0.2) is 24.3 Å². The van der Waals surface area contributed by atoms with Crippen LogP contribution in [0.1, 0.15) is 5.82 Å². The highest BCUT2D eigenvalue weighted by atomic mass is 16.2. The Bertz CT molecular complexity index is 664. The number of urea groups is 1. The van der Waals surface area contributed by atoms with E-state index in [0.717, 1.165) is 16.9 Å². The minimum atomic E-state index is -0.504. The number of hydrogen-bond donors (Lipinski definition) is 2. The van der Waals surface area contributed by atoms with E-state index < -0.39 is 6.03 Å². The van der Waals surface area contributed by atoms with Crippen molar-refractivity contribution in [1.29, 1.82) is 0 Å². The molecule has 0 spiro atoms. The van der Waals surface area contributed by atoms with Crippen LogP contribution >= 0.6 is 0 Å². The van der Waals surface area contributed by atoms with Crippen molar-refractivity contribution in [2.75, 3.05) is 20.6 Å². The highest BCUT2D eigenvalue weighted by molar-refractivity contribution is 5.95. The molecule has 0 aliphatic rings. The van der Waals surface area contributed by atoms with Gasteiger partial charge < -0.3 is 9.88 Å². The van der Waals surface area contributed by atoms with Crippen molar-refractivity contribution >= 4 is 23.0 Å². The number of hydrogen-bond acceptors (Lipinski definition) is 4. The van der Waals surface area contributed by atoms with Gasteiger partial charge in [-0.1, -0.05) is 12.1 Å². The third-order valence-electron chi connectivity index (χ3n) is 3.18. The summed E-state index contributed by atoms with van der Waals surface area (Å²) < 4.78 is 2.00. The van der Waals surface area contributed by atoms with Gasteiger partial charge in [-0.2, -0.15) is 0 Å². The van der Waals surface area contributed by atoms with Crippen molar-refractivity contribution in [3.05, 3.63) is 30.1 Å². The Balaban J connectivity index is 2.01. The molecule has 0 aliphatic heterocycles. The topological polar surface area (TPSA) is 79.3 Å². The monoisotopic (exact) mass is 289 g/mol. The van der Waals surface area contributed by atoms with Crippen LogP contribution in [-0.4, -0.2) is 47.0 Å². The first-order valence-electron chi connectivity index (χ1n) is 6.61. The van der Waals surface area contributed by atoms with Gasteiger partial charge in [0.15, 0.2) is 0 Å². The van der Waals surface area contributed by atoms with E-state index in [1.165, 1.54) is 7.05 Å². The van der Waals surface area contributed by atoms with Crippen molar-refractivity contribution < 1.29 is 9.59 Å². The van der Waals surface area contributed by atoms with E-state index in [0.29, 0.717) is 6.54 Å². The van der Waals surface area contributed by atoms with Crippen molar-refractivity contribution in [3.63, 3.8) is 0 Å². The van der Waals surface area contributed by atoms with Gasteiger partial charge in [-0.3, -0.25) is 15.0 Å². The predicted molar refractivity (Wildman–Crippen MR) is 79.6 cm³/mol. The van der Waals surface area contributed by atoms with Crippen LogP contribution in [0.2, 0.25) is 0 Å². The van der Waals surface area contributed by atoms with Crippen LogP contribution in [-0.2, 0) is 18.4 Å². The zero-order valence-corrected chi connectivity index (χ0v) is 12.4. The number of likely N-dealkylation sites (N-methyl/N-ethyl adjacent to an activating group) is 1. The van der Waals surface area contributed by atoms with E-state index in [4.69, 9.17) is 0 Å². The molecule has 21 heavy (non-hydrogen) atoms. The Labute approximate surface area is 122 Å². The molecule has 0 bridgehead atoms. The average Bonchev–Trinajstić information content (AvgIpc) is 2.75. The molecule has 112 valence electrons. The van der Waals surface area contributed by atoms with Crippen LogP contribution < -0.4 is 10.6 Å². The van der Waals surface area contributed by atoms with Crippen LogP contribution in [0.3, 0.4) is 0 Å². The van der Waals surface area contributed by atoms with E-state index >= 15 is 0 Å². The molecular weight excluding hydrogens is 270 g/mol. The van der Waals surface area contributed by atoms with Crippen LogP contribution in [0.5, 0.6) is 0 Å². The highest BCUT2D eigenvalue weighted by Gasteiger charge is 2.13. The first kappa shape index (κ1) is 15.0. The number of imide groups is 1. The molecule has 2 N–H and O–H groups in total. The third-order valence-corrected chi connectivity index (χ3v) is 3.18. The molecule has 0 unspecified atom stereocenters. The van der Waals surface area contributed by atoms with Crippen molar-refractivity contribution in [3.8, 4) is 0 Å². The minimum Gasteiger partial charge on any atom is -0.341 e. The second-order valence-corrected chi connectivity index (χ2v) is 4.88. The van der Waals surface area contributed by atoms with Crippen LogP contribution in [0.4, 0.5) is 4.79 Å². The maximum atomic E-state index is 11.6. The number of imidazole rings is 1. The molecular formula is C14H19N5O2. The molecule has 3 amide bonds. The number of aromatic nitrogens is 2. The number of fused-ring (bicyclic) bond motifs is 1. The lowest BCUT2D eigenvalue weighted by molar-refractivity contribution is -0.121. The molecule has 2 rings (SSSR count). The van der Waals surface area contributed by atoms with Gasteiger partial charge >= 0.3 is 6.03 Å². The Morgan fingerprint density at radius 2 is 2.05 bits per heavy atom. The number of benzene rings is 1. The molecule has 1 heterocycles. The Morgan fingerprint density at radius 3 is 2.71 bits per heavy atom. The fourth-order valence-corrected chi connectivity index (χ4v) is 2.11. The molecule has 1 aromatic heterocycles. The summed E-state index contributed by atoms with van der Waals surface area (Å²) in [5.74, 6) is 0.516. The highest BCUT2D eigenvalue weighted by Crippen LogP contribution is 2.14. The van der Waals surface area contributed by atoms with Crippen LogP contribution in [0, 0.1) is 0 Å². The maximum Gasteiger partial charge on any atom is 0.321 e. The summed E-state index contributed by atoms with van der Waals surface area (Å²) in [4.78, 5) is 29.0. The Kier molecular flexibility index (Phi) is 4.54. The largest absolute Gasteiger partial charge is 0.341 e. The lowest BCUT2D eigenvalue weighted by Gasteiger charge is -2.15. The Hall–Kier alpha value is -2.41. The number of aryl methyl sites for hydroxylation is 1. The van der Waals surface area contributed by atoms with Gasteiger partial charge in [0.05, 0.1) is 24.1 Å². The summed E-state index contributed by atoms with van der Waals surface area (Å²) in [6.45, 7) is 0.642. The molecule has 0 atom stereocenters. The van der Waals surface area contributed by atoms with E-state index in [2.05, 4.69) is 15.6 Å². The molecule has 0 fully saturated rings. The van der Waals surface area contributed by atoms with Gasteiger partial charge in [0.25, 0.3) is 0 Å². The first-order chi connectivity index (χ1) is 10.0. The zero-order chi connectivity index (χ0) is 15.4. The Morgan fingerprint density at radius 1 is 1.33 bits per heavy atom. The van der Waals surface area contributed by atoms with E-state index in [-0.39, 0.29) is 12.5 Å². The van der Waals surface area contributed by atoms with Crippen molar-refractivity contribution in [2.45, 2.75) is 6.54 Å². The maximum absolute atomic E-state index is 11.6. The summed E-state index contributed by atoms with van der Waals surface area (Å²) in [6, 6.07) is 7.37. The van der Waals surface area contributed by atoms with Crippen LogP contribution in [0.25, 0.3) is 11.0 Å².